The fourth-order valence-corrected chi connectivity index (χ4v) is 9.25. The molecule has 3 aromatic rings. The van der Waals surface area contributed by atoms with Crippen molar-refractivity contribution in [3.63, 3.8) is 0 Å². The first-order valence-corrected chi connectivity index (χ1v) is 16.2. The molecule has 0 unspecified atom stereocenters. The molecule has 0 aliphatic heterocycles. The van der Waals surface area contributed by atoms with Gasteiger partial charge in [0.05, 0.1) is 11.8 Å². The number of allylic oxidation sites excluding steroid dienone is 2. The maximum Gasteiger partial charge on any atom is 0.224 e. The Bertz CT molecular complexity index is 1460. The highest BCUT2D eigenvalue weighted by Crippen LogP contribution is 2.64. The summed E-state index contributed by atoms with van der Waals surface area (Å²) in [5.74, 6) is 2.04. The number of nitrogens with one attached hydrogen (secondary N) is 1. The molecule has 6 nitrogen and oxygen atoms in total. The summed E-state index contributed by atoms with van der Waals surface area (Å²) in [6.07, 6.45) is 17.5. The minimum absolute atomic E-state index is 0.00455. The number of nitrogens with zero attached hydrogens (tertiary/aromatic N) is 3. The number of anilines is 1. The van der Waals surface area contributed by atoms with Crippen LogP contribution in [-0.4, -0.2) is 31.7 Å². The highest BCUT2D eigenvalue weighted by atomic mass is 16.3. The Morgan fingerprint density at radius 1 is 1.10 bits per heavy atom. The van der Waals surface area contributed by atoms with Crippen molar-refractivity contribution in [3.8, 4) is 0 Å². The second kappa shape index (κ2) is 11.6. The number of amides is 1. The smallest absolute Gasteiger partial charge is 0.224 e. The highest BCUT2D eigenvalue weighted by molar-refractivity contribution is 5.93. The van der Waals surface area contributed by atoms with Crippen LogP contribution in [0.5, 0.6) is 0 Å². The number of aryl methyl sites for hydroxylation is 2. The van der Waals surface area contributed by atoms with E-state index in [0.717, 1.165) is 60.9 Å². The van der Waals surface area contributed by atoms with Gasteiger partial charge < -0.3 is 15.0 Å². The van der Waals surface area contributed by atoms with Gasteiger partial charge in [-0.05, 0) is 111 Å². The number of aliphatic hydroxyl groups is 1. The minimum Gasteiger partial charge on any atom is -0.393 e. The summed E-state index contributed by atoms with van der Waals surface area (Å²) in [4.78, 5) is 21.5. The molecule has 5 atom stereocenters. The van der Waals surface area contributed by atoms with Crippen molar-refractivity contribution in [2.75, 3.05) is 5.32 Å². The molecule has 0 spiro atoms. The van der Waals surface area contributed by atoms with Crippen molar-refractivity contribution < 1.29 is 9.90 Å². The average molecular weight is 569 g/mol. The highest BCUT2D eigenvalue weighted by Gasteiger charge is 2.58. The summed E-state index contributed by atoms with van der Waals surface area (Å²) in [5.41, 5.74) is 6.52. The normalized spacial score (nSPS) is 28.8. The Hall–Kier alpha value is -2.99. The average Bonchev–Trinajstić information content (AvgIpc) is 3.38. The fraction of sp³-hybridized carbons (Fsp3) is 0.583. The van der Waals surface area contributed by atoms with Crippen molar-refractivity contribution in [2.24, 2.45) is 28.6 Å². The van der Waals surface area contributed by atoms with Gasteiger partial charge in [0.1, 0.15) is 0 Å². The van der Waals surface area contributed by atoms with Gasteiger partial charge in [0.2, 0.25) is 5.91 Å². The molecule has 42 heavy (non-hydrogen) atoms. The van der Waals surface area contributed by atoms with Crippen LogP contribution in [0.3, 0.4) is 0 Å². The molecule has 224 valence electrons. The van der Waals surface area contributed by atoms with E-state index < -0.39 is 0 Å². The van der Waals surface area contributed by atoms with Crippen molar-refractivity contribution in [1.82, 2.24) is 14.5 Å². The zero-order chi connectivity index (χ0) is 29.5. The number of hydrogen-bond donors (Lipinski definition) is 2. The number of rotatable bonds is 8. The lowest BCUT2D eigenvalue weighted by molar-refractivity contribution is -0.149. The Morgan fingerprint density at radius 3 is 2.76 bits per heavy atom. The SMILES string of the molecule is CC1=C(CCCC(=O)Nc2ccc3c(ccn3CCc3cnccn3)c2)[C@@H]2CC[C@H]3C(C)(C)[C@@H](O)CC[C@]3(C)[C@H]2CC1. The second-order valence-electron chi connectivity index (χ2n) is 14.2. The van der Waals surface area contributed by atoms with Crippen LogP contribution >= 0.6 is 0 Å². The van der Waals surface area contributed by atoms with Crippen LogP contribution in [0.15, 0.2) is 60.2 Å². The first kappa shape index (κ1) is 29.1. The first-order chi connectivity index (χ1) is 20.2. The zero-order valence-electron chi connectivity index (χ0n) is 25.9. The van der Waals surface area contributed by atoms with Crippen molar-refractivity contribution in [2.45, 2.75) is 105 Å². The molecule has 2 heterocycles. The van der Waals surface area contributed by atoms with Gasteiger partial charge in [-0.1, -0.05) is 31.9 Å². The predicted octanol–water partition coefficient (Wildman–Crippen LogP) is 7.72. The molecule has 2 N–H and O–H groups in total. The van der Waals surface area contributed by atoms with Gasteiger partial charge in [-0.15, -0.1) is 0 Å². The third-order valence-corrected chi connectivity index (χ3v) is 11.6. The topological polar surface area (TPSA) is 80.0 Å². The number of benzene rings is 1. The zero-order valence-corrected chi connectivity index (χ0v) is 25.9. The van der Waals surface area contributed by atoms with E-state index in [9.17, 15) is 9.90 Å². The summed E-state index contributed by atoms with van der Waals surface area (Å²) >= 11 is 0. The minimum atomic E-state index is -0.179. The molecule has 2 fully saturated rings. The lowest BCUT2D eigenvalue weighted by Gasteiger charge is -2.62. The number of aliphatic hydroxyl groups excluding tert-OH is 1. The number of carbonyl (C=O) groups excluding carboxylic acids is 1. The number of hydrogen-bond acceptors (Lipinski definition) is 4. The van der Waals surface area contributed by atoms with E-state index in [1.807, 2.05) is 12.3 Å². The number of carbonyl (C=O) groups is 1. The molecule has 1 amide bonds. The van der Waals surface area contributed by atoms with Gasteiger partial charge in [0.15, 0.2) is 0 Å². The van der Waals surface area contributed by atoms with Gasteiger partial charge >= 0.3 is 0 Å². The maximum atomic E-state index is 13.0. The van der Waals surface area contributed by atoms with Crippen LogP contribution in [0.2, 0.25) is 0 Å². The molecule has 1 aromatic carbocycles. The predicted molar refractivity (Wildman–Crippen MR) is 169 cm³/mol. The Balaban J connectivity index is 1.04. The van der Waals surface area contributed by atoms with Crippen molar-refractivity contribution in [3.05, 3.63) is 65.9 Å². The largest absolute Gasteiger partial charge is 0.393 e. The van der Waals surface area contributed by atoms with E-state index in [4.69, 9.17) is 0 Å². The van der Waals surface area contributed by atoms with Gasteiger partial charge in [-0.25, -0.2) is 0 Å². The summed E-state index contributed by atoms with van der Waals surface area (Å²) in [6.45, 7) is 10.3. The van der Waals surface area contributed by atoms with Crippen LogP contribution in [0.25, 0.3) is 10.9 Å². The van der Waals surface area contributed by atoms with E-state index in [-0.39, 0.29) is 17.4 Å². The van der Waals surface area contributed by atoms with Crippen molar-refractivity contribution in [1.29, 1.82) is 0 Å². The summed E-state index contributed by atoms with van der Waals surface area (Å²) < 4.78 is 2.23. The maximum absolute atomic E-state index is 13.0. The van der Waals surface area contributed by atoms with E-state index in [2.05, 4.69) is 71.9 Å². The van der Waals surface area contributed by atoms with Gasteiger partial charge in [0.25, 0.3) is 0 Å². The fourth-order valence-electron chi connectivity index (χ4n) is 9.25. The molecule has 6 rings (SSSR count). The molecule has 2 aromatic heterocycles. The van der Waals surface area contributed by atoms with E-state index >= 15 is 0 Å². The monoisotopic (exact) mass is 568 g/mol. The first-order valence-electron chi connectivity index (χ1n) is 16.2. The van der Waals surface area contributed by atoms with Crippen LogP contribution in [0, 0.1) is 28.6 Å². The van der Waals surface area contributed by atoms with Gasteiger partial charge in [-0.3, -0.25) is 14.8 Å². The molecule has 3 aliphatic rings. The van der Waals surface area contributed by atoms with E-state index in [1.165, 1.54) is 25.7 Å². The quantitative estimate of drug-likeness (QED) is 0.273. The lowest BCUT2D eigenvalue weighted by Crippen LogP contribution is -2.56. The van der Waals surface area contributed by atoms with Gasteiger partial charge in [0, 0.05) is 60.8 Å². The van der Waals surface area contributed by atoms with Gasteiger partial charge in [-0.2, -0.15) is 0 Å². The molecule has 0 bridgehead atoms. The molecule has 3 aliphatic carbocycles. The van der Waals surface area contributed by atoms with Crippen LogP contribution in [0.4, 0.5) is 5.69 Å². The second-order valence-corrected chi connectivity index (χ2v) is 14.2. The molecular formula is C36H48N4O2. The molecule has 0 saturated heterocycles. The molecule has 2 saturated carbocycles. The third-order valence-electron chi connectivity index (χ3n) is 11.6. The van der Waals surface area contributed by atoms with Crippen LogP contribution < -0.4 is 5.32 Å². The molecule has 0 radical (unpaired) electrons. The van der Waals surface area contributed by atoms with E-state index in [0.29, 0.717) is 29.6 Å². The number of aromatic nitrogens is 3. The molecular weight excluding hydrogens is 520 g/mol. The Morgan fingerprint density at radius 2 is 1.95 bits per heavy atom. The standard InChI is InChI=1S/C36H48N4O2/c1-24-8-11-30-29(10-13-32-35(2,3)33(41)14-17-36(30,32)4)28(24)6-5-7-34(42)39-26-9-12-31-25(22-26)15-20-40(31)21-16-27-23-37-18-19-38-27/h9,12,15,18-20,22-23,29-30,32-33,41H,5-8,10-11,13-14,16-17,21H2,1-4H3,(H,39,42)/t29-,30-,32-,33-,36+/m0/s1. The Labute approximate surface area is 251 Å². The molecule has 6 heteroatoms. The van der Waals surface area contributed by atoms with Crippen LogP contribution in [0.1, 0.15) is 91.2 Å². The van der Waals surface area contributed by atoms with Crippen molar-refractivity contribution >= 4 is 22.5 Å². The summed E-state index contributed by atoms with van der Waals surface area (Å²) in [7, 11) is 0. The van der Waals surface area contributed by atoms with E-state index in [1.54, 1.807) is 23.5 Å². The Kier molecular flexibility index (Phi) is 8.03. The third kappa shape index (κ3) is 5.43. The summed E-state index contributed by atoms with van der Waals surface area (Å²) in [6, 6.07) is 8.30. The number of fused-ring (bicyclic) bond motifs is 4. The summed E-state index contributed by atoms with van der Waals surface area (Å²) in [5, 5.41) is 15.1. The van der Waals surface area contributed by atoms with Crippen LogP contribution in [-0.2, 0) is 17.8 Å². The lowest BCUT2D eigenvalue weighted by atomic mass is 9.43.